The van der Waals surface area contributed by atoms with Crippen molar-refractivity contribution in [2.75, 3.05) is 13.1 Å². The van der Waals surface area contributed by atoms with Gasteiger partial charge in [-0.3, -0.25) is 9.59 Å². The van der Waals surface area contributed by atoms with E-state index < -0.39 is 0 Å². The van der Waals surface area contributed by atoms with Crippen molar-refractivity contribution in [1.29, 1.82) is 0 Å². The lowest BCUT2D eigenvalue weighted by molar-refractivity contribution is -0.135. The normalized spacial score (nSPS) is 14.6. The Labute approximate surface area is 184 Å². The quantitative estimate of drug-likeness (QED) is 0.634. The van der Waals surface area contributed by atoms with Gasteiger partial charge in [0.1, 0.15) is 5.01 Å². The zero-order valence-electron chi connectivity index (χ0n) is 17.6. The lowest BCUT2D eigenvalue weighted by Crippen LogP contribution is -2.43. The third-order valence-corrected chi connectivity index (χ3v) is 6.63. The molecule has 0 aliphatic carbocycles. The van der Waals surface area contributed by atoms with Crippen molar-refractivity contribution in [3.63, 3.8) is 0 Å². The van der Waals surface area contributed by atoms with Crippen molar-refractivity contribution in [2.45, 2.75) is 39.7 Å². The van der Waals surface area contributed by atoms with Gasteiger partial charge in [-0.15, -0.1) is 11.3 Å². The number of aryl methyl sites for hydroxylation is 2. The van der Waals surface area contributed by atoms with Crippen LogP contribution in [0, 0.1) is 19.8 Å². The highest BCUT2D eigenvalue weighted by molar-refractivity contribution is 7.15. The molecule has 4 rings (SSSR count). The molecule has 1 aliphatic heterocycles. The van der Waals surface area contributed by atoms with Crippen molar-refractivity contribution in [3.05, 3.63) is 52.6 Å². The Balaban J connectivity index is 1.27. The number of benzene rings is 1. The Morgan fingerprint density at radius 2 is 1.90 bits per heavy atom. The van der Waals surface area contributed by atoms with Crippen LogP contribution >= 0.6 is 11.3 Å². The van der Waals surface area contributed by atoms with E-state index in [1.807, 2.05) is 42.2 Å². The fourth-order valence-corrected chi connectivity index (χ4v) is 4.71. The van der Waals surface area contributed by atoms with E-state index in [0.29, 0.717) is 44.1 Å². The number of rotatable bonds is 6. The number of piperidine rings is 1. The summed E-state index contributed by atoms with van der Waals surface area (Å²) in [5.74, 6) is 0.889. The summed E-state index contributed by atoms with van der Waals surface area (Å²) in [6.07, 6.45) is 1.65. The molecule has 3 heterocycles. The van der Waals surface area contributed by atoms with E-state index in [0.717, 1.165) is 21.1 Å². The van der Waals surface area contributed by atoms with E-state index in [9.17, 15) is 9.59 Å². The molecule has 31 heavy (non-hydrogen) atoms. The largest absolute Gasteiger partial charge is 0.347 e. The number of nitrogens with zero attached hydrogens (tertiary/aromatic N) is 4. The smallest absolute Gasteiger partial charge is 0.246 e. The first-order chi connectivity index (χ1) is 15.0. The van der Waals surface area contributed by atoms with Gasteiger partial charge in [-0.1, -0.05) is 35.5 Å². The van der Waals surface area contributed by atoms with Gasteiger partial charge in [0.25, 0.3) is 0 Å². The fourth-order valence-electron chi connectivity index (χ4n) is 3.66. The van der Waals surface area contributed by atoms with Crippen molar-refractivity contribution < 1.29 is 14.1 Å². The van der Waals surface area contributed by atoms with Gasteiger partial charge in [0.15, 0.2) is 5.82 Å². The number of aromatic nitrogens is 3. The first-order valence-electron chi connectivity index (χ1n) is 10.4. The van der Waals surface area contributed by atoms with Crippen LogP contribution in [0.25, 0.3) is 10.6 Å². The number of thiazole rings is 1. The molecule has 0 saturated carbocycles. The van der Waals surface area contributed by atoms with Crippen LogP contribution in [0.15, 0.2) is 34.9 Å². The van der Waals surface area contributed by atoms with Crippen LogP contribution in [0.3, 0.4) is 0 Å². The topological polar surface area (TPSA) is 101 Å². The van der Waals surface area contributed by atoms with Crippen molar-refractivity contribution in [2.24, 2.45) is 5.92 Å². The molecule has 1 saturated heterocycles. The molecule has 3 aromatic rings. The summed E-state index contributed by atoms with van der Waals surface area (Å²) in [6.45, 7) is 5.08. The van der Waals surface area contributed by atoms with Crippen LogP contribution < -0.4 is 5.32 Å². The van der Waals surface area contributed by atoms with E-state index in [1.54, 1.807) is 18.3 Å². The van der Waals surface area contributed by atoms with E-state index >= 15 is 0 Å². The molecule has 1 aliphatic rings. The maximum Gasteiger partial charge on any atom is 0.246 e. The van der Waals surface area contributed by atoms with Crippen LogP contribution in [0.4, 0.5) is 0 Å². The summed E-state index contributed by atoms with van der Waals surface area (Å²) >= 11 is 1.57. The molecule has 0 radical (unpaired) electrons. The molecule has 1 aromatic carbocycles. The van der Waals surface area contributed by atoms with Crippen LogP contribution in [0.1, 0.15) is 35.1 Å². The summed E-state index contributed by atoms with van der Waals surface area (Å²) < 4.78 is 5.01. The monoisotopic (exact) mass is 439 g/mol. The molecular weight excluding hydrogens is 414 g/mol. The summed E-state index contributed by atoms with van der Waals surface area (Å²) in [5, 5.41) is 7.49. The third-order valence-electron chi connectivity index (χ3n) is 5.43. The number of hydrogen-bond donors (Lipinski definition) is 1. The summed E-state index contributed by atoms with van der Waals surface area (Å²) in [6, 6.07) is 10.0. The minimum absolute atomic E-state index is 0.0336. The number of nitrogens with one attached hydrogen (secondary N) is 1. The maximum absolute atomic E-state index is 12.8. The average molecular weight is 440 g/mol. The van der Waals surface area contributed by atoms with Crippen molar-refractivity contribution in [3.8, 4) is 10.6 Å². The van der Waals surface area contributed by atoms with Gasteiger partial charge in [-0.2, -0.15) is 4.98 Å². The van der Waals surface area contributed by atoms with Gasteiger partial charge < -0.3 is 14.7 Å². The Morgan fingerprint density at radius 1 is 1.16 bits per heavy atom. The Morgan fingerprint density at radius 3 is 2.58 bits per heavy atom. The predicted octanol–water partition coefficient (Wildman–Crippen LogP) is 2.91. The Kier molecular flexibility index (Phi) is 6.41. The predicted molar refractivity (Wildman–Crippen MR) is 116 cm³/mol. The van der Waals surface area contributed by atoms with E-state index in [-0.39, 0.29) is 24.3 Å². The molecule has 162 valence electrons. The number of carbonyl (C=O) groups is 2. The van der Waals surface area contributed by atoms with E-state index in [2.05, 4.69) is 20.4 Å². The molecular formula is C22H25N5O3S. The second-order valence-corrected chi connectivity index (χ2v) is 8.76. The van der Waals surface area contributed by atoms with Crippen LogP contribution in [-0.2, 0) is 22.6 Å². The van der Waals surface area contributed by atoms with Crippen LogP contribution in [-0.4, -0.2) is 44.9 Å². The van der Waals surface area contributed by atoms with Crippen LogP contribution in [0.5, 0.6) is 0 Å². The zero-order valence-corrected chi connectivity index (χ0v) is 18.4. The highest BCUT2D eigenvalue weighted by atomic mass is 32.1. The average Bonchev–Trinajstić information content (AvgIpc) is 3.38. The van der Waals surface area contributed by atoms with E-state index in [1.165, 1.54) is 0 Å². The molecule has 0 bridgehead atoms. The fraction of sp³-hybridized carbons (Fsp3) is 0.409. The Hall–Kier alpha value is -3.07. The molecule has 9 heteroatoms. The van der Waals surface area contributed by atoms with Gasteiger partial charge in [0.05, 0.1) is 18.7 Å². The van der Waals surface area contributed by atoms with Gasteiger partial charge in [-0.25, -0.2) is 4.98 Å². The maximum atomic E-state index is 12.8. The molecule has 2 aromatic heterocycles. The molecule has 0 atom stereocenters. The molecule has 1 N–H and O–H groups in total. The molecule has 0 spiro atoms. The van der Waals surface area contributed by atoms with Crippen molar-refractivity contribution in [1.82, 2.24) is 25.3 Å². The first-order valence-corrected chi connectivity index (χ1v) is 11.2. The molecule has 0 unspecified atom stereocenters. The highest BCUT2D eigenvalue weighted by Gasteiger charge is 2.28. The van der Waals surface area contributed by atoms with E-state index in [4.69, 9.17) is 4.52 Å². The zero-order chi connectivity index (χ0) is 21.8. The third kappa shape index (κ3) is 5.16. The van der Waals surface area contributed by atoms with Gasteiger partial charge >= 0.3 is 0 Å². The van der Waals surface area contributed by atoms with Gasteiger partial charge in [0, 0.05) is 29.4 Å². The first kappa shape index (κ1) is 21.2. The van der Waals surface area contributed by atoms with Gasteiger partial charge in [-0.05, 0) is 26.7 Å². The lowest BCUT2D eigenvalue weighted by atomic mass is 9.95. The summed E-state index contributed by atoms with van der Waals surface area (Å²) in [4.78, 5) is 36.8. The summed E-state index contributed by atoms with van der Waals surface area (Å²) in [7, 11) is 0. The lowest BCUT2D eigenvalue weighted by Gasteiger charge is -2.31. The van der Waals surface area contributed by atoms with Crippen LogP contribution in [0.2, 0.25) is 0 Å². The molecule has 1 fully saturated rings. The number of hydrogen-bond acceptors (Lipinski definition) is 7. The minimum Gasteiger partial charge on any atom is -0.347 e. The Bertz CT molecular complexity index is 1050. The second-order valence-electron chi connectivity index (χ2n) is 7.68. The van der Waals surface area contributed by atoms with Crippen molar-refractivity contribution >= 4 is 23.2 Å². The SMILES string of the molecule is Cc1noc(CNC(=O)C2CCN(C(=O)Cc3sc(-c4ccccc4)nc3C)CC2)n1. The van der Waals surface area contributed by atoms with Gasteiger partial charge in [0.2, 0.25) is 17.7 Å². The number of amides is 2. The highest BCUT2D eigenvalue weighted by Crippen LogP contribution is 2.29. The molecule has 2 amide bonds. The number of likely N-dealkylation sites (tertiary alicyclic amines) is 1. The second kappa shape index (κ2) is 9.38. The summed E-state index contributed by atoms with van der Waals surface area (Å²) in [5.41, 5.74) is 1.97. The number of carbonyl (C=O) groups excluding carboxylic acids is 2. The minimum atomic E-state index is -0.108. The standard InChI is InChI=1S/C22H25N5O3S/c1-14-18(31-22(24-14)17-6-4-3-5-7-17)12-20(28)27-10-8-16(9-11-27)21(29)23-13-19-25-15(2)26-30-19/h3-7,16H,8-13H2,1-2H3,(H,23,29). The molecule has 8 nitrogen and oxygen atoms in total.